The van der Waals surface area contributed by atoms with E-state index >= 15 is 0 Å². The molecule has 0 aliphatic rings. The molecule has 8 heteroatoms. The van der Waals surface area contributed by atoms with Gasteiger partial charge in [-0.15, -0.1) is 0 Å². The molecule has 2 aromatic rings. The van der Waals surface area contributed by atoms with Crippen LogP contribution < -0.4 is 20.1 Å². The van der Waals surface area contributed by atoms with Crippen LogP contribution in [-0.4, -0.2) is 39.1 Å². The van der Waals surface area contributed by atoms with Crippen LogP contribution in [-0.2, 0) is 0 Å². The highest BCUT2D eigenvalue weighted by molar-refractivity contribution is 6.35. The zero-order valence-corrected chi connectivity index (χ0v) is 15.8. The van der Waals surface area contributed by atoms with Gasteiger partial charge in [0, 0.05) is 23.7 Å². The quantitative estimate of drug-likeness (QED) is 0.704. The van der Waals surface area contributed by atoms with Crippen molar-refractivity contribution in [3.8, 4) is 11.5 Å². The van der Waals surface area contributed by atoms with E-state index < -0.39 is 0 Å². The topological polar surface area (TPSA) is 76.7 Å². The molecule has 0 spiro atoms. The van der Waals surface area contributed by atoms with Crippen molar-refractivity contribution in [2.45, 2.75) is 0 Å². The van der Waals surface area contributed by atoms with Gasteiger partial charge in [0.15, 0.2) is 11.5 Å². The van der Waals surface area contributed by atoms with Crippen molar-refractivity contribution in [1.29, 1.82) is 0 Å². The number of amides is 2. The van der Waals surface area contributed by atoms with E-state index in [-0.39, 0.29) is 30.5 Å². The van der Waals surface area contributed by atoms with Crippen molar-refractivity contribution in [3.63, 3.8) is 0 Å². The predicted octanol–water partition coefficient (Wildman–Crippen LogP) is 3.17. The zero-order chi connectivity index (χ0) is 19.1. The number of ether oxygens (including phenoxy) is 2. The van der Waals surface area contributed by atoms with E-state index in [1.54, 1.807) is 30.3 Å². The molecule has 0 aliphatic carbocycles. The molecule has 2 amide bonds. The van der Waals surface area contributed by atoms with Gasteiger partial charge < -0.3 is 20.1 Å². The van der Waals surface area contributed by atoms with Crippen LogP contribution in [0.25, 0.3) is 0 Å². The lowest BCUT2D eigenvalue weighted by atomic mass is 10.2. The van der Waals surface area contributed by atoms with Crippen LogP contribution in [0, 0.1) is 0 Å². The summed E-state index contributed by atoms with van der Waals surface area (Å²) < 4.78 is 10.3. The zero-order valence-electron chi connectivity index (χ0n) is 14.3. The summed E-state index contributed by atoms with van der Waals surface area (Å²) in [7, 11) is 3.02. The van der Waals surface area contributed by atoms with E-state index in [4.69, 9.17) is 32.7 Å². The standard InChI is InChI=1S/C18H18Cl2N2O4/c1-25-15-6-3-11(9-16(15)26-2)17(23)21-7-8-22-18(24)13-10-12(19)4-5-14(13)20/h3-6,9-10H,7-8H2,1-2H3,(H,21,23)(H,22,24). The lowest BCUT2D eigenvalue weighted by Crippen LogP contribution is -2.34. The van der Waals surface area contributed by atoms with Crippen LogP contribution in [0.1, 0.15) is 20.7 Å². The second-order valence-corrected chi connectivity index (χ2v) is 6.05. The Morgan fingerprint density at radius 2 is 1.54 bits per heavy atom. The lowest BCUT2D eigenvalue weighted by Gasteiger charge is -2.11. The van der Waals surface area contributed by atoms with Gasteiger partial charge in [-0.1, -0.05) is 23.2 Å². The Balaban J connectivity index is 1.87. The largest absolute Gasteiger partial charge is 0.493 e. The minimum absolute atomic E-state index is 0.237. The number of nitrogens with one attached hydrogen (secondary N) is 2. The summed E-state index contributed by atoms with van der Waals surface area (Å²) in [6.07, 6.45) is 0. The molecule has 0 fully saturated rings. The maximum absolute atomic E-state index is 12.2. The number of benzene rings is 2. The van der Waals surface area contributed by atoms with Gasteiger partial charge in [0.05, 0.1) is 24.8 Å². The smallest absolute Gasteiger partial charge is 0.252 e. The molecule has 2 N–H and O–H groups in total. The number of carbonyl (C=O) groups is 2. The molecule has 0 atom stereocenters. The van der Waals surface area contributed by atoms with Gasteiger partial charge in [-0.05, 0) is 36.4 Å². The lowest BCUT2D eigenvalue weighted by molar-refractivity contribution is 0.0927. The maximum Gasteiger partial charge on any atom is 0.252 e. The molecule has 0 saturated carbocycles. The number of methoxy groups -OCH3 is 2. The second kappa shape index (κ2) is 9.31. The van der Waals surface area contributed by atoms with Crippen molar-refractivity contribution in [1.82, 2.24) is 10.6 Å². The van der Waals surface area contributed by atoms with Crippen LogP contribution in [0.5, 0.6) is 11.5 Å². The van der Waals surface area contributed by atoms with Gasteiger partial charge in [-0.2, -0.15) is 0 Å². The van der Waals surface area contributed by atoms with E-state index in [0.29, 0.717) is 27.1 Å². The first-order valence-corrected chi connectivity index (χ1v) is 8.45. The first-order chi connectivity index (χ1) is 12.5. The Hall–Kier alpha value is -2.44. The molecule has 6 nitrogen and oxygen atoms in total. The third-order valence-corrected chi connectivity index (χ3v) is 4.08. The Morgan fingerprint density at radius 3 is 2.19 bits per heavy atom. The van der Waals surface area contributed by atoms with Crippen LogP contribution in [0.2, 0.25) is 10.0 Å². The molecule has 0 aliphatic heterocycles. The van der Waals surface area contributed by atoms with Crippen molar-refractivity contribution in [2.24, 2.45) is 0 Å². The van der Waals surface area contributed by atoms with Crippen molar-refractivity contribution < 1.29 is 19.1 Å². The number of halogens is 2. The van der Waals surface area contributed by atoms with Crippen LogP contribution >= 0.6 is 23.2 Å². The third kappa shape index (κ3) is 5.03. The molecule has 26 heavy (non-hydrogen) atoms. The molecule has 0 heterocycles. The predicted molar refractivity (Wildman–Crippen MR) is 101 cm³/mol. The van der Waals surface area contributed by atoms with Gasteiger partial charge in [0.2, 0.25) is 0 Å². The highest BCUT2D eigenvalue weighted by atomic mass is 35.5. The number of rotatable bonds is 7. The molecule has 0 unspecified atom stereocenters. The number of carbonyl (C=O) groups excluding carboxylic acids is 2. The molecule has 138 valence electrons. The van der Waals surface area contributed by atoms with E-state index in [1.165, 1.54) is 20.3 Å². The molecule has 2 aromatic carbocycles. The second-order valence-electron chi connectivity index (χ2n) is 5.21. The molecule has 0 saturated heterocycles. The van der Waals surface area contributed by atoms with E-state index in [2.05, 4.69) is 10.6 Å². The van der Waals surface area contributed by atoms with Crippen LogP contribution in [0.4, 0.5) is 0 Å². The first kappa shape index (κ1) is 19.9. The molecule has 0 bridgehead atoms. The summed E-state index contributed by atoms with van der Waals surface area (Å²) in [4.78, 5) is 24.3. The van der Waals surface area contributed by atoms with E-state index in [1.807, 2.05) is 0 Å². The van der Waals surface area contributed by atoms with Crippen molar-refractivity contribution in [3.05, 3.63) is 57.6 Å². The Labute approximate surface area is 161 Å². The minimum atomic E-state index is -0.363. The van der Waals surface area contributed by atoms with Gasteiger partial charge in [-0.3, -0.25) is 9.59 Å². The fraction of sp³-hybridized carbons (Fsp3) is 0.222. The average molecular weight is 397 g/mol. The fourth-order valence-electron chi connectivity index (χ4n) is 2.20. The first-order valence-electron chi connectivity index (χ1n) is 7.69. The monoisotopic (exact) mass is 396 g/mol. The number of hydrogen-bond acceptors (Lipinski definition) is 4. The molecular weight excluding hydrogens is 379 g/mol. The van der Waals surface area contributed by atoms with E-state index in [9.17, 15) is 9.59 Å². The SMILES string of the molecule is COc1ccc(C(=O)NCCNC(=O)c2cc(Cl)ccc2Cl)cc1OC. The van der Waals surface area contributed by atoms with Gasteiger partial charge in [-0.25, -0.2) is 0 Å². The summed E-state index contributed by atoms with van der Waals surface area (Å²) in [5, 5.41) is 6.11. The van der Waals surface area contributed by atoms with Crippen LogP contribution in [0.15, 0.2) is 36.4 Å². The van der Waals surface area contributed by atoms with Gasteiger partial charge >= 0.3 is 0 Å². The summed E-state index contributed by atoms with van der Waals surface area (Å²) in [5.74, 6) is 0.345. The molecule has 0 aromatic heterocycles. The van der Waals surface area contributed by atoms with E-state index in [0.717, 1.165) is 0 Å². The highest BCUT2D eigenvalue weighted by Crippen LogP contribution is 2.27. The summed E-state index contributed by atoms with van der Waals surface area (Å²) in [6.45, 7) is 0.484. The highest BCUT2D eigenvalue weighted by Gasteiger charge is 2.12. The third-order valence-electron chi connectivity index (χ3n) is 3.51. The maximum atomic E-state index is 12.2. The molecule has 0 radical (unpaired) electrons. The molecule has 2 rings (SSSR count). The van der Waals surface area contributed by atoms with Gasteiger partial charge in [0.1, 0.15) is 0 Å². The Morgan fingerprint density at radius 1 is 0.885 bits per heavy atom. The number of hydrogen-bond donors (Lipinski definition) is 2. The summed E-state index contributed by atoms with van der Waals surface area (Å²) in [6, 6.07) is 9.50. The summed E-state index contributed by atoms with van der Waals surface area (Å²) in [5.41, 5.74) is 0.706. The van der Waals surface area contributed by atoms with Crippen molar-refractivity contribution >= 4 is 35.0 Å². The van der Waals surface area contributed by atoms with Crippen LogP contribution in [0.3, 0.4) is 0 Å². The average Bonchev–Trinajstić information content (AvgIpc) is 2.66. The fourth-order valence-corrected chi connectivity index (χ4v) is 2.57. The Bertz CT molecular complexity index is 812. The normalized spacial score (nSPS) is 10.2. The Kier molecular flexibility index (Phi) is 7.12. The van der Waals surface area contributed by atoms with Crippen molar-refractivity contribution in [2.75, 3.05) is 27.3 Å². The summed E-state index contributed by atoms with van der Waals surface area (Å²) >= 11 is 11.8. The van der Waals surface area contributed by atoms with Gasteiger partial charge in [0.25, 0.3) is 11.8 Å². The minimum Gasteiger partial charge on any atom is -0.493 e. The molecular formula is C18H18Cl2N2O4.